The molecule has 0 saturated heterocycles. The van der Waals surface area contributed by atoms with Crippen LogP contribution in [0.15, 0.2) is 42.5 Å². The molecule has 0 bridgehead atoms. The third kappa shape index (κ3) is 4.50. The molecule has 0 spiro atoms. The molecule has 7 heteroatoms. The lowest BCUT2D eigenvalue weighted by Crippen LogP contribution is -2.25. The van der Waals surface area contributed by atoms with E-state index in [0.717, 1.165) is 5.56 Å². The summed E-state index contributed by atoms with van der Waals surface area (Å²) in [4.78, 5) is 23.3. The lowest BCUT2D eigenvalue weighted by Gasteiger charge is -2.15. The van der Waals surface area contributed by atoms with Gasteiger partial charge in [-0.05, 0) is 35.4 Å². The maximum absolute atomic E-state index is 13.1. The fourth-order valence-electron chi connectivity index (χ4n) is 2.80. The molecule has 0 aromatic heterocycles. The van der Waals surface area contributed by atoms with Gasteiger partial charge in [0.05, 0.1) is 6.42 Å². The van der Waals surface area contributed by atoms with Crippen LogP contribution in [0.3, 0.4) is 0 Å². The molecule has 6 nitrogen and oxygen atoms in total. The van der Waals surface area contributed by atoms with Crippen LogP contribution in [-0.2, 0) is 16.1 Å². The number of ether oxygens (including phenoxy) is 2. The van der Waals surface area contributed by atoms with Crippen LogP contribution >= 0.6 is 0 Å². The van der Waals surface area contributed by atoms with E-state index in [1.807, 2.05) is 6.07 Å². The maximum Gasteiger partial charge on any atom is 0.303 e. The molecule has 1 atom stereocenters. The van der Waals surface area contributed by atoms with E-state index in [1.54, 1.807) is 12.1 Å². The predicted molar refractivity (Wildman–Crippen MR) is 90.4 cm³/mol. The number of carboxylic acid groups (broad SMARTS) is 1. The summed E-state index contributed by atoms with van der Waals surface area (Å²) in [5.41, 5.74) is 1.46. The molecule has 3 rings (SSSR count). The normalized spacial score (nSPS) is 13.3. The number of amides is 1. The molecule has 1 unspecified atom stereocenters. The highest BCUT2D eigenvalue weighted by Crippen LogP contribution is 2.32. The molecule has 1 aliphatic heterocycles. The Labute approximate surface area is 149 Å². The minimum atomic E-state index is -1.01. The van der Waals surface area contributed by atoms with Gasteiger partial charge in [0.15, 0.2) is 11.5 Å². The molecule has 0 aliphatic carbocycles. The largest absolute Gasteiger partial charge is 0.481 e. The van der Waals surface area contributed by atoms with Crippen molar-refractivity contribution in [3.05, 3.63) is 59.4 Å². The number of fused-ring (bicyclic) bond motifs is 1. The van der Waals surface area contributed by atoms with E-state index >= 15 is 0 Å². The molecule has 1 aliphatic rings. The predicted octanol–water partition coefficient (Wildman–Crippen LogP) is 2.82. The van der Waals surface area contributed by atoms with Crippen molar-refractivity contribution in [3.8, 4) is 11.5 Å². The summed E-state index contributed by atoms with van der Waals surface area (Å²) < 4.78 is 23.6. The Kier molecular flexibility index (Phi) is 5.36. The Bertz CT molecular complexity index is 806. The second-order valence-electron chi connectivity index (χ2n) is 6.01. The number of carboxylic acids is 1. The first kappa shape index (κ1) is 17.7. The zero-order valence-corrected chi connectivity index (χ0v) is 13.9. The minimum absolute atomic E-state index is 0.00246. The number of halogens is 1. The second kappa shape index (κ2) is 7.86. The van der Waals surface area contributed by atoms with Gasteiger partial charge in [-0.2, -0.15) is 0 Å². The van der Waals surface area contributed by atoms with E-state index in [4.69, 9.17) is 14.6 Å². The van der Waals surface area contributed by atoms with Crippen molar-refractivity contribution in [3.63, 3.8) is 0 Å². The van der Waals surface area contributed by atoms with Crippen molar-refractivity contribution in [2.75, 3.05) is 6.79 Å². The lowest BCUT2D eigenvalue weighted by atomic mass is 9.92. The molecule has 0 fully saturated rings. The number of aliphatic carboxylic acids is 1. The highest BCUT2D eigenvalue weighted by atomic mass is 19.1. The van der Waals surface area contributed by atoms with Crippen LogP contribution in [0, 0.1) is 5.82 Å². The van der Waals surface area contributed by atoms with Crippen LogP contribution in [-0.4, -0.2) is 23.8 Å². The van der Waals surface area contributed by atoms with Crippen LogP contribution in [0.1, 0.15) is 29.9 Å². The first-order valence-electron chi connectivity index (χ1n) is 8.14. The number of carbonyl (C=O) groups excluding carboxylic acids is 1. The zero-order chi connectivity index (χ0) is 18.5. The number of rotatable bonds is 7. The van der Waals surface area contributed by atoms with Gasteiger partial charge in [-0.15, -0.1) is 0 Å². The summed E-state index contributed by atoms with van der Waals surface area (Å²) in [6.07, 6.45) is -0.203. The fourth-order valence-corrected chi connectivity index (χ4v) is 2.80. The van der Waals surface area contributed by atoms with Crippen molar-refractivity contribution in [2.24, 2.45) is 0 Å². The smallest absolute Gasteiger partial charge is 0.303 e. The lowest BCUT2D eigenvalue weighted by molar-refractivity contribution is -0.137. The first-order valence-corrected chi connectivity index (χ1v) is 8.14. The molecule has 2 N–H and O–H groups in total. The third-order valence-corrected chi connectivity index (χ3v) is 4.12. The van der Waals surface area contributed by atoms with Crippen LogP contribution in [0.25, 0.3) is 0 Å². The number of hydrogen-bond acceptors (Lipinski definition) is 4. The Morgan fingerprint density at radius 3 is 2.54 bits per heavy atom. The van der Waals surface area contributed by atoms with Crippen molar-refractivity contribution >= 4 is 11.9 Å². The number of benzene rings is 2. The van der Waals surface area contributed by atoms with Gasteiger partial charge in [-0.1, -0.05) is 18.2 Å². The van der Waals surface area contributed by atoms with Gasteiger partial charge in [0.1, 0.15) is 5.82 Å². The zero-order valence-electron chi connectivity index (χ0n) is 13.9. The van der Waals surface area contributed by atoms with Gasteiger partial charge in [0.2, 0.25) is 12.7 Å². The first-order chi connectivity index (χ1) is 12.5. The molecule has 2 aromatic rings. The molecule has 1 amide bonds. The van der Waals surface area contributed by atoms with E-state index < -0.39 is 17.7 Å². The molecule has 26 heavy (non-hydrogen) atoms. The average molecular weight is 359 g/mol. The molecule has 2 aromatic carbocycles. The maximum atomic E-state index is 13.1. The van der Waals surface area contributed by atoms with Gasteiger partial charge in [-0.25, -0.2) is 4.39 Å². The molecule has 1 heterocycles. The quantitative estimate of drug-likeness (QED) is 0.794. The standard InChI is InChI=1S/C19H18FNO5/c20-15-4-2-13(3-5-15)14(9-19(23)24)8-18(22)21-10-12-1-6-16-17(7-12)26-11-25-16/h1-7,14H,8-11H2,(H,21,22)(H,23,24). The van der Waals surface area contributed by atoms with Crippen molar-refractivity contribution in [2.45, 2.75) is 25.3 Å². The van der Waals surface area contributed by atoms with Gasteiger partial charge in [-0.3, -0.25) is 9.59 Å². The van der Waals surface area contributed by atoms with Crippen molar-refractivity contribution in [1.29, 1.82) is 0 Å². The molecular weight excluding hydrogens is 341 g/mol. The monoisotopic (exact) mass is 359 g/mol. The summed E-state index contributed by atoms with van der Waals surface area (Å²) in [5.74, 6) is -0.925. The summed E-state index contributed by atoms with van der Waals surface area (Å²) in [6, 6.07) is 10.9. The molecule has 0 saturated carbocycles. The summed E-state index contributed by atoms with van der Waals surface area (Å²) in [6.45, 7) is 0.471. The van der Waals surface area contributed by atoms with E-state index in [0.29, 0.717) is 23.6 Å². The van der Waals surface area contributed by atoms with E-state index in [-0.39, 0.29) is 25.5 Å². The Morgan fingerprint density at radius 1 is 1.08 bits per heavy atom. The van der Waals surface area contributed by atoms with Gasteiger partial charge < -0.3 is 19.9 Å². The fraction of sp³-hybridized carbons (Fsp3) is 0.263. The van der Waals surface area contributed by atoms with E-state index in [1.165, 1.54) is 24.3 Å². The Balaban J connectivity index is 1.60. The Hall–Kier alpha value is -3.09. The average Bonchev–Trinajstić information content (AvgIpc) is 3.07. The molecule has 136 valence electrons. The van der Waals surface area contributed by atoms with Crippen LogP contribution in [0.4, 0.5) is 4.39 Å². The number of carbonyl (C=O) groups is 2. The molecule has 0 radical (unpaired) electrons. The van der Waals surface area contributed by atoms with Crippen LogP contribution < -0.4 is 14.8 Å². The molecular formula is C19H18FNO5. The van der Waals surface area contributed by atoms with Gasteiger partial charge >= 0.3 is 5.97 Å². The van der Waals surface area contributed by atoms with Gasteiger partial charge in [0, 0.05) is 18.9 Å². The Morgan fingerprint density at radius 2 is 1.81 bits per heavy atom. The SMILES string of the molecule is O=C(O)CC(CC(=O)NCc1ccc2c(c1)OCO2)c1ccc(F)cc1. The topological polar surface area (TPSA) is 84.9 Å². The summed E-state index contributed by atoms with van der Waals surface area (Å²) >= 11 is 0. The third-order valence-electron chi connectivity index (χ3n) is 4.12. The summed E-state index contributed by atoms with van der Waals surface area (Å²) in [7, 11) is 0. The van der Waals surface area contributed by atoms with E-state index in [2.05, 4.69) is 5.32 Å². The highest BCUT2D eigenvalue weighted by Gasteiger charge is 2.20. The van der Waals surface area contributed by atoms with E-state index in [9.17, 15) is 14.0 Å². The second-order valence-corrected chi connectivity index (χ2v) is 6.01. The summed E-state index contributed by atoms with van der Waals surface area (Å²) in [5, 5.41) is 11.9. The number of nitrogens with one attached hydrogen (secondary N) is 1. The van der Waals surface area contributed by atoms with Crippen molar-refractivity contribution in [1.82, 2.24) is 5.32 Å². The van der Waals surface area contributed by atoms with Crippen molar-refractivity contribution < 1.29 is 28.6 Å². The minimum Gasteiger partial charge on any atom is -0.481 e. The van der Waals surface area contributed by atoms with Gasteiger partial charge in [0.25, 0.3) is 0 Å². The highest BCUT2D eigenvalue weighted by molar-refractivity contribution is 5.78. The van der Waals surface area contributed by atoms with Crippen LogP contribution in [0.5, 0.6) is 11.5 Å². The van der Waals surface area contributed by atoms with Crippen LogP contribution in [0.2, 0.25) is 0 Å². The number of hydrogen-bond donors (Lipinski definition) is 2.